The summed E-state index contributed by atoms with van der Waals surface area (Å²) in [6.07, 6.45) is 9.03. The molecule has 2 N–H and O–H groups in total. The number of aromatic nitrogens is 2. The normalized spacial score (nSPS) is 16.2. The first-order chi connectivity index (χ1) is 12.3. The van der Waals surface area contributed by atoms with E-state index in [0.29, 0.717) is 17.9 Å². The molecule has 0 spiro atoms. The molecule has 0 unspecified atom stereocenters. The van der Waals surface area contributed by atoms with Crippen molar-refractivity contribution >= 4 is 11.7 Å². The molecule has 132 valence electrons. The molecule has 1 fully saturated rings. The summed E-state index contributed by atoms with van der Waals surface area (Å²) >= 11 is 0. The Hall–Kier alpha value is -2.47. The minimum absolute atomic E-state index is 0.0789. The number of hydrogen-bond donors (Lipinski definition) is 2. The number of nitrogens with zero attached hydrogens (tertiary/aromatic N) is 3. The van der Waals surface area contributed by atoms with Crippen molar-refractivity contribution < 1.29 is 4.79 Å². The molecule has 1 amide bonds. The van der Waals surface area contributed by atoms with Gasteiger partial charge in [-0.25, -0.2) is 4.98 Å². The second-order valence-corrected chi connectivity index (χ2v) is 6.29. The summed E-state index contributed by atoms with van der Waals surface area (Å²) < 4.78 is 0. The van der Waals surface area contributed by atoms with Crippen LogP contribution < -0.4 is 10.6 Å². The van der Waals surface area contributed by atoms with Gasteiger partial charge in [-0.15, -0.1) is 0 Å². The summed E-state index contributed by atoms with van der Waals surface area (Å²) in [7, 11) is 1.79. The van der Waals surface area contributed by atoms with Gasteiger partial charge in [0.15, 0.2) is 0 Å². The van der Waals surface area contributed by atoms with Crippen LogP contribution in [-0.4, -0.2) is 47.5 Å². The first-order valence-corrected chi connectivity index (χ1v) is 8.84. The molecule has 1 atom stereocenters. The average molecular weight is 339 g/mol. The summed E-state index contributed by atoms with van der Waals surface area (Å²) in [6, 6.07) is 7.69. The Bertz CT molecular complexity index is 685. The van der Waals surface area contributed by atoms with Crippen molar-refractivity contribution in [2.45, 2.75) is 25.3 Å². The Morgan fingerprint density at radius 2 is 2.08 bits per heavy atom. The number of amides is 1. The van der Waals surface area contributed by atoms with E-state index < -0.39 is 0 Å². The van der Waals surface area contributed by atoms with E-state index in [4.69, 9.17) is 0 Å². The van der Waals surface area contributed by atoms with E-state index in [1.165, 1.54) is 19.3 Å². The van der Waals surface area contributed by atoms with Crippen LogP contribution in [0.5, 0.6) is 0 Å². The fourth-order valence-electron chi connectivity index (χ4n) is 3.26. The number of piperidine rings is 1. The predicted molar refractivity (Wildman–Crippen MR) is 98.5 cm³/mol. The minimum Gasteiger partial charge on any atom is -0.373 e. The van der Waals surface area contributed by atoms with Crippen molar-refractivity contribution in [2.24, 2.45) is 0 Å². The van der Waals surface area contributed by atoms with Crippen LogP contribution in [0.3, 0.4) is 0 Å². The van der Waals surface area contributed by atoms with Gasteiger partial charge >= 0.3 is 0 Å². The number of pyridine rings is 2. The molecule has 0 radical (unpaired) electrons. The Labute approximate surface area is 148 Å². The van der Waals surface area contributed by atoms with E-state index in [2.05, 4.69) is 31.6 Å². The van der Waals surface area contributed by atoms with Crippen molar-refractivity contribution in [3.05, 3.63) is 54.0 Å². The van der Waals surface area contributed by atoms with Gasteiger partial charge < -0.3 is 10.6 Å². The van der Waals surface area contributed by atoms with Crippen molar-refractivity contribution in [1.82, 2.24) is 20.2 Å². The predicted octanol–water partition coefficient (Wildman–Crippen LogP) is 2.48. The van der Waals surface area contributed by atoms with Crippen LogP contribution in [0.1, 0.15) is 41.2 Å². The molecule has 0 aliphatic carbocycles. The number of nitrogens with one attached hydrogen (secondary N) is 2. The van der Waals surface area contributed by atoms with Gasteiger partial charge in [0.25, 0.3) is 5.91 Å². The Morgan fingerprint density at radius 3 is 2.80 bits per heavy atom. The SMILES string of the molecule is CNc1cc(C(=O)NC[C@H](c2cccnc2)N2CCCCC2)ccn1. The lowest BCUT2D eigenvalue weighted by molar-refractivity contribution is 0.0924. The number of likely N-dealkylation sites (tertiary alicyclic amines) is 1. The highest BCUT2D eigenvalue weighted by Gasteiger charge is 2.23. The summed E-state index contributed by atoms with van der Waals surface area (Å²) in [4.78, 5) is 23.4. The van der Waals surface area contributed by atoms with Crippen molar-refractivity contribution in [3.63, 3.8) is 0 Å². The zero-order chi connectivity index (χ0) is 17.5. The molecule has 2 aromatic rings. The van der Waals surface area contributed by atoms with Crippen LogP contribution in [0, 0.1) is 0 Å². The van der Waals surface area contributed by atoms with Crippen LogP contribution in [0.4, 0.5) is 5.82 Å². The first kappa shape index (κ1) is 17.4. The Balaban J connectivity index is 1.70. The van der Waals surface area contributed by atoms with Crippen LogP contribution in [-0.2, 0) is 0 Å². The molecule has 3 rings (SSSR count). The lowest BCUT2D eigenvalue weighted by Crippen LogP contribution is -2.40. The molecule has 1 aliphatic heterocycles. The Kier molecular flexibility index (Phi) is 5.95. The number of anilines is 1. The molecule has 0 aromatic carbocycles. The van der Waals surface area contributed by atoms with Gasteiger partial charge in [-0.1, -0.05) is 12.5 Å². The van der Waals surface area contributed by atoms with E-state index in [1.54, 1.807) is 31.6 Å². The third-order valence-electron chi connectivity index (χ3n) is 4.63. The maximum absolute atomic E-state index is 12.5. The molecule has 6 nitrogen and oxygen atoms in total. The highest BCUT2D eigenvalue weighted by atomic mass is 16.1. The monoisotopic (exact) mass is 339 g/mol. The lowest BCUT2D eigenvalue weighted by Gasteiger charge is -2.34. The zero-order valence-electron chi connectivity index (χ0n) is 14.6. The fourth-order valence-corrected chi connectivity index (χ4v) is 3.26. The molecule has 0 bridgehead atoms. The van der Waals surface area contributed by atoms with Crippen LogP contribution in [0.25, 0.3) is 0 Å². The highest BCUT2D eigenvalue weighted by molar-refractivity contribution is 5.94. The maximum atomic E-state index is 12.5. The quantitative estimate of drug-likeness (QED) is 0.846. The smallest absolute Gasteiger partial charge is 0.251 e. The zero-order valence-corrected chi connectivity index (χ0v) is 14.6. The van der Waals surface area contributed by atoms with E-state index >= 15 is 0 Å². The third kappa shape index (κ3) is 4.54. The number of rotatable bonds is 6. The fraction of sp³-hybridized carbons (Fsp3) is 0.421. The summed E-state index contributed by atoms with van der Waals surface area (Å²) in [5.74, 6) is 0.609. The van der Waals surface area contributed by atoms with Crippen molar-refractivity contribution in [1.29, 1.82) is 0 Å². The average Bonchev–Trinajstić information content (AvgIpc) is 2.69. The molecule has 3 heterocycles. The van der Waals surface area contributed by atoms with Gasteiger partial charge in [0.2, 0.25) is 0 Å². The van der Waals surface area contributed by atoms with E-state index in [9.17, 15) is 4.79 Å². The van der Waals surface area contributed by atoms with E-state index in [-0.39, 0.29) is 11.9 Å². The lowest BCUT2D eigenvalue weighted by atomic mass is 10.0. The molecule has 1 aliphatic rings. The molecular weight excluding hydrogens is 314 g/mol. The standard InChI is InChI=1S/C19H25N5O/c1-20-18-12-15(7-9-22-18)19(25)23-14-17(16-6-5-8-21-13-16)24-10-3-2-4-11-24/h5-9,12-13,17H,2-4,10-11,14H2,1H3,(H,20,22)(H,23,25)/t17-/m1/s1. The number of carbonyl (C=O) groups excluding carboxylic acids is 1. The van der Waals surface area contributed by atoms with Gasteiger partial charge in [-0.3, -0.25) is 14.7 Å². The largest absolute Gasteiger partial charge is 0.373 e. The van der Waals surface area contributed by atoms with Gasteiger partial charge in [0.1, 0.15) is 5.82 Å². The third-order valence-corrected chi connectivity index (χ3v) is 4.63. The molecular formula is C19H25N5O. The van der Waals surface area contributed by atoms with Crippen LogP contribution >= 0.6 is 0 Å². The van der Waals surface area contributed by atoms with Crippen molar-refractivity contribution in [2.75, 3.05) is 32.0 Å². The van der Waals surface area contributed by atoms with Gasteiger partial charge in [0, 0.05) is 37.7 Å². The summed E-state index contributed by atoms with van der Waals surface area (Å²) in [6.45, 7) is 2.70. The van der Waals surface area contributed by atoms with Crippen molar-refractivity contribution in [3.8, 4) is 0 Å². The number of carbonyl (C=O) groups is 1. The second kappa shape index (κ2) is 8.58. The van der Waals surface area contributed by atoms with Gasteiger partial charge in [-0.05, 0) is 49.7 Å². The van der Waals surface area contributed by atoms with Crippen LogP contribution in [0.15, 0.2) is 42.9 Å². The maximum Gasteiger partial charge on any atom is 0.251 e. The minimum atomic E-state index is -0.0789. The van der Waals surface area contributed by atoms with Crippen LogP contribution in [0.2, 0.25) is 0 Å². The molecule has 0 saturated carbocycles. The summed E-state index contributed by atoms with van der Waals surface area (Å²) in [5, 5.41) is 6.04. The first-order valence-electron chi connectivity index (χ1n) is 8.84. The highest BCUT2D eigenvalue weighted by Crippen LogP contribution is 2.23. The topological polar surface area (TPSA) is 70.2 Å². The number of hydrogen-bond acceptors (Lipinski definition) is 5. The van der Waals surface area contributed by atoms with Gasteiger partial charge in [0.05, 0.1) is 6.04 Å². The molecule has 25 heavy (non-hydrogen) atoms. The van der Waals surface area contributed by atoms with E-state index in [0.717, 1.165) is 18.7 Å². The molecule has 6 heteroatoms. The van der Waals surface area contributed by atoms with E-state index in [1.807, 2.05) is 12.3 Å². The summed E-state index contributed by atoms with van der Waals surface area (Å²) in [5.41, 5.74) is 1.76. The molecule has 1 saturated heterocycles. The second-order valence-electron chi connectivity index (χ2n) is 6.29. The molecule has 2 aromatic heterocycles. The van der Waals surface area contributed by atoms with Gasteiger partial charge in [-0.2, -0.15) is 0 Å². The Morgan fingerprint density at radius 1 is 1.24 bits per heavy atom.